The van der Waals surface area contributed by atoms with Gasteiger partial charge in [0.05, 0.1) is 49.0 Å². The second-order valence-electron chi connectivity index (χ2n) is 7.64. The number of nitrogens with zero attached hydrogens (tertiary/aromatic N) is 2. The molecule has 0 aliphatic carbocycles. The molecule has 0 aliphatic rings. The smallest absolute Gasteiger partial charge is 0.311 e. The van der Waals surface area contributed by atoms with Gasteiger partial charge in [0.25, 0.3) is 5.56 Å². The summed E-state index contributed by atoms with van der Waals surface area (Å²) in [5.74, 6) is 0.218. The van der Waals surface area contributed by atoms with E-state index in [0.29, 0.717) is 28.4 Å². The molecule has 4 aromatic rings. The first-order valence-corrected chi connectivity index (χ1v) is 10.8. The third-order valence-electron chi connectivity index (χ3n) is 5.48. The lowest BCUT2D eigenvalue weighted by molar-refractivity contribution is -0.139. The highest BCUT2D eigenvalue weighted by Gasteiger charge is 2.21. The molecular weight excluding hydrogens is 430 g/mol. The predicted molar refractivity (Wildman–Crippen MR) is 132 cm³/mol. The second kappa shape index (κ2) is 10.0. The Labute approximate surface area is 197 Å². The Morgan fingerprint density at radius 3 is 2.29 bits per heavy atom. The van der Waals surface area contributed by atoms with Gasteiger partial charge < -0.3 is 9.47 Å². The van der Waals surface area contributed by atoms with Gasteiger partial charge in [-0.25, -0.2) is 4.68 Å². The molecular formula is C27H25N3O4. The molecule has 7 heteroatoms. The summed E-state index contributed by atoms with van der Waals surface area (Å²) in [7, 11) is 2.90. The van der Waals surface area contributed by atoms with Crippen molar-refractivity contribution in [2.24, 2.45) is 4.99 Å². The number of aliphatic imine (C=N–C) groups is 1. The Kier molecular flexibility index (Phi) is 6.73. The number of carbonyl (C=O) groups is 1. The summed E-state index contributed by atoms with van der Waals surface area (Å²) in [6.45, 7) is 1.77. The molecule has 1 N–H and O–H groups in total. The SMILES string of the molecule is COC(=O)Cc1[nH]n(-c2ccc(OC)cc2)c(=O)c1C(C)=Nc1ccccc1-c1ccccc1. The number of rotatable bonds is 7. The van der Waals surface area contributed by atoms with Crippen LogP contribution in [0.25, 0.3) is 16.8 Å². The highest BCUT2D eigenvalue weighted by atomic mass is 16.5. The first-order chi connectivity index (χ1) is 16.5. The van der Waals surface area contributed by atoms with Gasteiger partial charge in [-0.2, -0.15) is 0 Å². The average Bonchev–Trinajstić information content (AvgIpc) is 3.20. The van der Waals surface area contributed by atoms with E-state index in [-0.39, 0.29) is 12.0 Å². The molecule has 1 heterocycles. The first kappa shape index (κ1) is 22.8. The molecule has 0 bridgehead atoms. The summed E-state index contributed by atoms with van der Waals surface area (Å²) >= 11 is 0. The number of nitrogens with one attached hydrogen (secondary N) is 1. The molecule has 1 aromatic heterocycles. The van der Waals surface area contributed by atoms with E-state index >= 15 is 0 Å². The van der Waals surface area contributed by atoms with Crippen LogP contribution in [0.15, 0.2) is 88.6 Å². The molecule has 3 aromatic carbocycles. The summed E-state index contributed by atoms with van der Waals surface area (Å²) < 4.78 is 11.4. The van der Waals surface area contributed by atoms with Gasteiger partial charge in [0.15, 0.2) is 0 Å². The van der Waals surface area contributed by atoms with Crippen LogP contribution in [0.1, 0.15) is 18.2 Å². The van der Waals surface area contributed by atoms with E-state index in [1.165, 1.54) is 11.8 Å². The number of esters is 1. The van der Waals surface area contributed by atoms with Crippen LogP contribution in [0.2, 0.25) is 0 Å². The molecule has 0 unspecified atom stereocenters. The van der Waals surface area contributed by atoms with Gasteiger partial charge in [-0.15, -0.1) is 0 Å². The molecule has 0 radical (unpaired) electrons. The van der Waals surface area contributed by atoms with E-state index in [9.17, 15) is 9.59 Å². The standard InChI is InChI=1S/C27H25N3O4/c1-18(28-23-12-8-7-11-22(23)19-9-5-4-6-10-19)26-24(17-25(31)34-3)29-30(27(26)32)20-13-15-21(33-2)16-14-20/h4-16,29H,17H2,1-3H3. The van der Waals surface area contributed by atoms with Crippen LogP contribution in [0.4, 0.5) is 5.69 Å². The number of carbonyl (C=O) groups excluding carboxylic acids is 1. The highest BCUT2D eigenvalue weighted by Crippen LogP contribution is 2.30. The normalized spacial score (nSPS) is 11.3. The maximum atomic E-state index is 13.5. The monoisotopic (exact) mass is 455 g/mol. The number of aromatic amines is 1. The Morgan fingerprint density at radius 2 is 1.62 bits per heavy atom. The summed E-state index contributed by atoms with van der Waals surface area (Å²) in [5, 5.41) is 3.06. The fourth-order valence-electron chi connectivity index (χ4n) is 3.78. The molecule has 0 aliphatic heterocycles. The molecule has 34 heavy (non-hydrogen) atoms. The average molecular weight is 456 g/mol. The summed E-state index contributed by atoms with van der Waals surface area (Å²) in [6.07, 6.45) is -0.0859. The van der Waals surface area contributed by atoms with Crippen molar-refractivity contribution >= 4 is 17.4 Å². The van der Waals surface area contributed by atoms with Crippen molar-refractivity contribution in [2.45, 2.75) is 13.3 Å². The zero-order chi connectivity index (χ0) is 24.1. The Bertz CT molecular complexity index is 1380. The number of ether oxygens (including phenoxy) is 2. The molecule has 0 saturated heterocycles. The summed E-state index contributed by atoms with van der Waals surface area (Å²) in [4.78, 5) is 30.4. The van der Waals surface area contributed by atoms with E-state index in [0.717, 1.165) is 16.8 Å². The molecule has 0 saturated carbocycles. The Balaban J connectivity index is 1.83. The van der Waals surface area contributed by atoms with Gasteiger partial charge in [-0.05, 0) is 42.8 Å². The molecule has 0 spiro atoms. The zero-order valence-corrected chi connectivity index (χ0v) is 19.2. The molecule has 172 valence electrons. The molecule has 7 nitrogen and oxygen atoms in total. The predicted octanol–water partition coefficient (Wildman–Crippen LogP) is 4.70. The fourth-order valence-corrected chi connectivity index (χ4v) is 3.78. The van der Waals surface area contributed by atoms with Crippen molar-refractivity contribution in [1.82, 2.24) is 9.78 Å². The maximum absolute atomic E-state index is 13.5. The zero-order valence-electron chi connectivity index (χ0n) is 19.2. The number of hydrogen-bond acceptors (Lipinski definition) is 5. The lowest BCUT2D eigenvalue weighted by atomic mass is 10.0. The van der Waals surface area contributed by atoms with E-state index in [1.807, 2.05) is 54.6 Å². The van der Waals surface area contributed by atoms with Crippen LogP contribution in [0.5, 0.6) is 5.75 Å². The van der Waals surface area contributed by atoms with Crippen LogP contribution < -0.4 is 10.3 Å². The first-order valence-electron chi connectivity index (χ1n) is 10.8. The van der Waals surface area contributed by atoms with Gasteiger partial charge >= 0.3 is 5.97 Å². The van der Waals surface area contributed by atoms with E-state index in [1.54, 1.807) is 38.3 Å². The van der Waals surface area contributed by atoms with Gasteiger partial charge in [0.1, 0.15) is 5.75 Å². The fraction of sp³-hybridized carbons (Fsp3) is 0.148. The van der Waals surface area contributed by atoms with Crippen molar-refractivity contribution in [2.75, 3.05) is 14.2 Å². The molecule has 4 rings (SSSR count). The maximum Gasteiger partial charge on any atom is 0.311 e. The number of benzene rings is 3. The minimum absolute atomic E-state index is 0.0859. The van der Waals surface area contributed by atoms with Gasteiger partial charge in [-0.3, -0.25) is 19.7 Å². The van der Waals surface area contributed by atoms with Crippen LogP contribution in [-0.2, 0) is 16.0 Å². The van der Waals surface area contributed by atoms with Crippen molar-refractivity contribution < 1.29 is 14.3 Å². The largest absolute Gasteiger partial charge is 0.497 e. The van der Waals surface area contributed by atoms with E-state index in [2.05, 4.69) is 5.10 Å². The third kappa shape index (κ3) is 4.68. The van der Waals surface area contributed by atoms with Crippen molar-refractivity contribution in [1.29, 1.82) is 0 Å². The van der Waals surface area contributed by atoms with E-state index in [4.69, 9.17) is 14.5 Å². The van der Waals surface area contributed by atoms with Gasteiger partial charge in [0.2, 0.25) is 0 Å². The van der Waals surface area contributed by atoms with Gasteiger partial charge in [-0.1, -0.05) is 48.5 Å². The molecule has 0 amide bonds. The Morgan fingerprint density at radius 1 is 0.941 bits per heavy atom. The van der Waals surface area contributed by atoms with Crippen molar-refractivity contribution in [3.63, 3.8) is 0 Å². The number of para-hydroxylation sites is 1. The summed E-state index contributed by atoms with van der Waals surface area (Å²) in [5.41, 5.74) is 4.28. The van der Waals surface area contributed by atoms with Gasteiger partial charge in [0, 0.05) is 5.56 Å². The van der Waals surface area contributed by atoms with Crippen LogP contribution in [0, 0.1) is 0 Å². The van der Waals surface area contributed by atoms with Crippen LogP contribution in [0.3, 0.4) is 0 Å². The van der Waals surface area contributed by atoms with Crippen LogP contribution >= 0.6 is 0 Å². The quantitative estimate of drug-likeness (QED) is 0.323. The van der Waals surface area contributed by atoms with Crippen molar-refractivity contribution in [3.05, 3.63) is 100 Å². The summed E-state index contributed by atoms with van der Waals surface area (Å²) in [6, 6.07) is 24.7. The second-order valence-corrected chi connectivity index (χ2v) is 7.64. The number of methoxy groups -OCH3 is 2. The Hall–Kier alpha value is -4.39. The highest BCUT2D eigenvalue weighted by molar-refractivity contribution is 6.02. The van der Waals surface area contributed by atoms with Crippen molar-refractivity contribution in [3.8, 4) is 22.6 Å². The number of H-pyrrole nitrogens is 1. The number of hydrogen-bond donors (Lipinski definition) is 1. The minimum atomic E-state index is -0.457. The molecule has 0 atom stereocenters. The number of aromatic nitrogens is 2. The topological polar surface area (TPSA) is 85.7 Å². The lowest BCUT2D eigenvalue weighted by Crippen LogP contribution is -2.20. The minimum Gasteiger partial charge on any atom is -0.497 e. The van der Waals surface area contributed by atoms with Crippen LogP contribution in [-0.4, -0.2) is 35.7 Å². The lowest BCUT2D eigenvalue weighted by Gasteiger charge is -2.07. The van der Waals surface area contributed by atoms with E-state index < -0.39 is 5.97 Å². The molecule has 0 fully saturated rings. The third-order valence-corrected chi connectivity index (χ3v) is 5.48.